The second kappa shape index (κ2) is 13.8. The Kier molecular flexibility index (Phi) is 9.63. The molecule has 0 N–H and O–H groups in total. The van der Waals surface area contributed by atoms with Crippen molar-refractivity contribution in [1.82, 2.24) is 0 Å². The van der Waals surface area contributed by atoms with Gasteiger partial charge >= 0.3 is 0 Å². The highest BCUT2D eigenvalue weighted by atomic mass is 16.6. The van der Waals surface area contributed by atoms with E-state index in [0.29, 0.717) is 25.0 Å². The van der Waals surface area contributed by atoms with Crippen LogP contribution in [0.1, 0.15) is 63.1 Å². The van der Waals surface area contributed by atoms with E-state index in [-0.39, 0.29) is 17.1 Å². The fraction of sp³-hybridized carbons (Fsp3) is 0.415. The molecule has 236 valence electrons. The Hall–Kier alpha value is -3.60. The normalized spacial score (nSPS) is 21.4. The lowest BCUT2D eigenvalue weighted by Crippen LogP contribution is -2.32. The summed E-state index contributed by atoms with van der Waals surface area (Å²) in [7, 11) is 0. The summed E-state index contributed by atoms with van der Waals surface area (Å²) in [5, 5.41) is 0. The van der Waals surface area contributed by atoms with E-state index in [9.17, 15) is 0 Å². The van der Waals surface area contributed by atoms with Crippen LogP contribution in [0, 0.1) is 11.3 Å². The van der Waals surface area contributed by atoms with Gasteiger partial charge in [-0.25, -0.2) is 0 Å². The van der Waals surface area contributed by atoms with Gasteiger partial charge in [-0.3, -0.25) is 0 Å². The summed E-state index contributed by atoms with van der Waals surface area (Å²) in [4.78, 5) is 0. The minimum Gasteiger partial charge on any atom is -0.491 e. The van der Waals surface area contributed by atoms with Gasteiger partial charge in [0.25, 0.3) is 0 Å². The minimum atomic E-state index is -0.165. The molecular weight excluding hydrogens is 556 g/mol. The van der Waals surface area contributed by atoms with Crippen molar-refractivity contribution in [3.05, 3.63) is 120 Å². The van der Waals surface area contributed by atoms with Crippen molar-refractivity contribution in [3.8, 4) is 22.6 Å². The zero-order valence-electron chi connectivity index (χ0n) is 27.3. The van der Waals surface area contributed by atoms with Gasteiger partial charge in [-0.15, -0.1) is 0 Å². The summed E-state index contributed by atoms with van der Waals surface area (Å²) in [5.74, 6) is 2.79. The Bertz CT molecular complexity index is 1510. The van der Waals surface area contributed by atoms with Gasteiger partial charge in [0.15, 0.2) is 0 Å². The number of hydrogen-bond donors (Lipinski definition) is 0. The fourth-order valence-corrected chi connectivity index (χ4v) is 6.42. The van der Waals surface area contributed by atoms with Crippen molar-refractivity contribution in [3.63, 3.8) is 0 Å². The van der Waals surface area contributed by atoms with Crippen LogP contribution in [0.25, 0.3) is 11.1 Å². The molecule has 4 heteroatoms. The van der Waals surface area contributed by atoms with Crippen LogP contribution in [0.5, 0.6) is 11.5 Å². The molecule has 2 fully saturated rings. The molecule has 2 aliphatic rings. The molecule has 4 aromatic carbocycles. The van der Waals surface area contributed by atoms with Crippen molar-refractivity contribution >= 4 is 0 Å². The van der Waals surface area contributed by atoms with E-state index >= 15 is 0 Å². The van der Waals surface area contributed by atoms with Crippen LogP contribution in [0.4, 0.5) is 0 Å². The molecule has 0 saturated carbocycles. The van der Waals surface area contributed by atoms with Crippen LogP contribution in [-0.4, -0.2) is 38.1 Å². The highest BCUT2D eigenvalue weighted by molar-refractivity contribution is 5.64. The Balaban J connectivity index is 1.02. The minimum absolute atomic E-state index is 0.146. The van der Waals surface area contributed by atoms with Crippen molar-refractivity contribution < 1.29 is 18.9 Å². The number of epoxide rings is 2. The third-order valence-electron chi connectivity index (χ3n) is 9.91. The highest BCUT2D eigenvalue weighted by Crippen LogP contribution is 2.43. The smallest absolute Gasteiger partial charge is 0.126 e. The predicted molar refractivity (Wildman–Crippen MR) is 182 cm³/mol. The van der Waals surface area contributed by atoms with E-state index < -0.39 is 0 Å². The maximum Gasteiger partial charge on any atom is 0.126 e. The van der Waals surface area contributed by atoms with Gasteiger partial charge in [0.05, 0.1) is 13.2 Å². The van der Waals surface area contributed by atoms with Crippen LogP contribution >= 0.6 is 0 Å². The van der Waals surface area contributed by atoms with E-state index in [1.165, 1.54) is 27.8 Å². The average molecular weight is 605 g/mol. The summed E-state index contributed by atoms with van der Waals surface area (Å²) >= 11 is 0. The highest BCUT2D eigenvalue weighted by Gasteiger charge is 2.50. The van der Waals surface area contributed by atoms with E-state index in [2.05, 4.69) is 94.4 Å². The Morgan fingerprint density at radius 1 is 0.822 bits per heavy atom. The first-order valence-electron chi connectivity index (χ1n) is 16.7. The van der Waals surface area contributed by atoms with E-state index in [1.807, 2.05) is 36.4 Å². The number of para-hydroxylation sites is 1. The van der Waals surface area contributed by atoms with Gasteiger partial charge in [-0.2, -0.15) is 0 Å². The number of ether oxygens (including phenoxy) is 4. The quantitative estimate of drug-likeness (QED) is 0.120. The summed E-state index contributed by atoms with van der Waals surface area (Å²) in [6, 6.07) is 36.9. The van der Waals surface area contributed by atoms with Crippen LogP contribution in [0.2, 0.25) is 0 Å². The first-order valence-corrected chi connectivity index (χ1v) is 16.7. The van der Waals surface area contributed by atoms with Crippen molar-refractivity contribution in [2.45, 2.75) is 71.0 Å². The maximum atomic E-state index is 6.09. The van der Waals surface area contributed by atoms with Gasteiger partial charge in [0.1, 0.15) is 36.4 Å². The predicted octanol–water partition coefficient (Wildman–Crippen LogP) is 9.31. The second-order valence-electron chi connectivity index (χ2n) is 13.8. The zero-order chi connectivity index (χ0) is 31.3. The van der Waals surface area contributed by atoms with E-state index in [1.54, 1.807) is 0 Å². The molecular formula is C41H48O4. The average Bonchev–Trinajstić information content (AvgIpc) is 4.02. The van der Waals surface area contributed by atoms with E-state index in [4.69, 9.17) is 18.9 Å². The number of benzene rings is 4. The topological polar surface area (TPSA) is 43.5 Å². The first-order chi connectivity index (χ1) is 21.8. The van der Waals surface area contributed by atoms with Gasteiger partial charge in [0, 0.05) is 0 Å². The molecule has 4 nitrogen and oxygen atoms in total. The molecule has 0 amide bonds. The lowest BCUT2D eigenvalue weighted by molar-refractivity contribution is 0.124. The van der Waals surface area contributed by atoms with Crippen molar-refractivity contribution in [2.24, 2.45) is 11.3 Å². The van der Waals surface area contributed by atoms with Crippen LogP contribution < -0.4 is 9.47 Å². The molecule has 0 aromatic heterocycles. The molecule has 0 spiro atoms. The SMILES string of the molecule is CCC(C)(Cc1ccc(-c2ccc(CC(C)C(C)c3cccc(OCC4CO4)c3)cc2)cc1)CC1(COc2ccccc2)CO1. The lowest BCUT2D eigenvalue weighted by atomic mass is 9.74. The molecule has 5 atom stereocenters. The first kappa shape index (κ1) is 31.4. The van der Waals surface area contributed by atoms with Gasteiger partial charge < -0.3 is 18.9 Å². The molecule has 6 rings (SSSR count). The van der Waals surface area contributed by atoms with Crippen LogP contribution in [0.3, 0.4) is 0 Å². The van der Waals surface area contributed by atoms with Gasteiger partial charge in [-0.05, 0) is 88.6 Å². The van der Waals surface area contributed by atoms with Crippen molar-refractivity contribution in [1.29, 1.82) is 0 Å². The molecule has 2 aliphatic heterocycles. The fourth-order valence-electron chi connectivity index (χ4n) is 6.42. The van der Waals surface area contributed by atoms with Crippen LogP contribution in [-0.2, 0) is 22.3 Å². The van der Waals surface area contributed by atoms with Crippen molar-refractivity contribution in [2.75, 3.05) is 26.4 Å². The largest absolute Gasteiger partial charge is 0.491 e. The molecule has 4 aromatic rings. The molecule has 45 heavy (non-hydrogen) atoms. The summed E-state index contributed by atoms with van der Waals surface area (Å²) in [5.41, 5.74) is 6.58. The second-order valence-corrected chi connectivity index (χ2v) is 13.8. The molecule has 0 aliphatic carbocycles. The third kappa shape index (κ3) is 8.56. The number of hydrogen-bond acceptors (Lipinski definition) is 4. The van der Waals surface area contributed by atoms with Crippen LogP contribution in [0.15, 0.2) is 103 Å². The van der Waals surface area contributed by atoms with Gasteiger partial charge in [0.2, 0.25) is 0 Å². The summed E-state index contributed by atoms with van der Waals surface area (Å²) < 4.78 is 23.3. The molecule has 5 unspecified atom stereocenters. The monoisotopic (exact) mass is 604 g/mol. The van der Waals surface area contributed by atoms with E-state index in [0.717, 1.165) is 50.4 Å². The Morgan fingerprint density at radius 3 is 2.09 bits per heavy atom. The third-order valence-corrected chi connectivity index (χ3v) is 9.91. The Labute approximate surface area is 269 Å². The molecule has 2 saturated heterocycles. The molecule has 0 radical (unpaired) electrons. The van der Waals surface area contributed by atoms with Gasteiger partial charge in [-0.1, -0.05) is 113 Å². The molecule has 2 heterocycles. The number of rotatable bonds is 16. The standard InChI is InChI=1S/C41H48O4/c1-5-40(4,27-41(29-45-41)28-44-37-11-7-6-8-12-37)24-33-16-20-35(21-17-33)34-18-14-32(15-19-34)22-30(2)31(3)36-10-9-13-38(23-36)42-25-39-26-43-39/h6-21,23,30-31,39H,5,22,24-29H2,1-4H3. The summed E-state index contributed by atoms with van der Waals surface area (Å²) in [6.07, 6.45) is 4.43. The maximum absolute atomic E-state index is 6.09. The Morgan fingerprint density at radius 2 is 1.47 bits per heavy atom. The summed E-state index contributed by atoms with van der Waals surface area (Å²) in [6.45, 7) is 12.2. The molecule has 0 bridgehead atoms. The zero-order valence-corrected chi connectivity index (χ0v) is 27.3. The lowest BCUT2D eigenvalue weighted by Gasteiger charge is -2.31.